The van der Waals surface area contributed by atoms with Gasteiger partial charge >= 0.3 is 0 Å². The molecule has 26 rings (SSSR count). The van der Waals surface area contributed by atoms with Gasteiger partial charge in [-0.25, -0.2) is 0 Å². The summed E-state index contributed by atoms with van der Waals surface area (Å²) in [7, 11) is 0. The first-order valence-electron chi connectivity index (χ1n) is 41.2. The smallest absolute Gasteiger partial charge is 0.0555 e. The third-order valence-electron chi connectivity index (χ3n) is 24.4. The topological polar surface area (TPSA) is 29.6 Å². The summed E-state index contributed by atoms with van der Waals surface area (Å²) < 4.78 is 19.9. The number of aryl methyl sites for hydroxylation is 4. The number of hydrogen-bond acceptors (Lipinski definition) is 2. The number of hydrogen-bond donors (Lipinski definition) is 0. The van der Waals surface area contributed by atoms with Crippen molar-refractivity contribution in [3.05, 3.63) is 423 Å². The summed E-state index contributed by atoms with van der Waals surface area (Å²) in [6.07, 6.45) is 0. The molecule has 0 N–H and O–H groups in total. The van der Waals surface area contributed by atoms with Crippen molar-refractivity contribution in [3.63, 3.8) is 0 Å². The highest BCUT2D eigenvalue weighted by molar-refractivity contribution is 7.27. The van der Waals surface area contributed by atoms with Crippen molar-refractivity contribution in [2.45, 2.75) is 27.7 Å². The Labute approximate surface area is 700 Å². The molecule has 0 radical (unpaired) electrons. The average Bonchev–Trinajstić information content (AvgIpc) is 1.55. The van der Waals surface area contributed by atoms with E-state index in [2.05, 4.69) is 455 Å². The van der Waals surface area contributed by atoms with Crippen LogP contribution in [0.25, 0.3) is 205 Å². The number of nitrogens with zero attached hydrogens (tertiary/aromatic N) is 6. The van der Waals surface area contributed by atoms with E-state index < -0.39 is 0 Å². The summed E-state index contributed by atoms with van der Waals surface area (Å²) in [4.78, 5) is 0. The lowest BCUT2D eigenvalue weighted by Gasteiger charge is -2.09. The number of rotatable bonds is 6. The standard InChI is InChI=1S/2C31H22N2.2C25H17NS/c1-21-10-9-13-23(20-21)33-27-17-8-6-15-25(27)31-29(33)19-18-28-30(31)24-14-5-7-16-26(24)32(28)22-11-3-2-4-12-22;1-21-15-17-23(18-16-21)33-27-14-8-6-12-25(27)31-29(33)20-19-28-30(31)24-11-5-7-13-26(24)32(28)22-9-3-2-4-10-22;1-16-7-6-8-17(15-16)26-21-11-4-2-10-20(21)24-22(26)14-13-19-18-9-3-5-12-23(18)27-25(19)24;1-16-10-12-17(13-11-16)26-21-8-4-2-7-20(21)24-22(26)15-14-19-18-6-3-5-9-23(18)27-25(19)24/h2*2-20H,1H3;2*2-15H,1H3. The monoisotopic (exact) mass is 1570 g/mol. The normalized spacial score (nSPS) is 11.8. The molecule has 26 aromatic rings. The predicted octanol–water partition coefficient (Wildman–Crippen LogP) is 31.3. The van der Waals surface area contributed by atoms with E-state index in [4.69, 9.17) is 0 Å². The van der Waals surface area contributed by atoms with Crippen LogP contribution in [0, 0.1) is 27.7 Å². The second kappa shape index (κ2) is 28.5. The lowest BCUT2D eigenvalue weighted by molar-refractivity contribution is 1.17. The van der Waals surface area contributed by atoms with E-state index in [1.165, 1.54) is 228 Å². The van der Waals surface area contributed by atoms with Gasteiger partial charge in [-0.15, -0.1) is 22.7 Å². The van der Waals surface area contributed by atoms with Gasteiger partial charge in [0.05, 0.1) is 66.2 Å². The number of aromatic nitrogens is 6. The lowest BCUT2D eigenvalue weighted by Crippen LogP contribution is -1.95. The van der Waals surface area contributed by atoms with Crippen molar-refractivity contribution in [3.8, 4) is 34.1 Å². The van der Waals surface area contributed by atoms with Gasteiger partial charge in [0.1, 0.15) is 0 Å². The van der Waals surface area contributed by atoms with Crippen LogP contribution in [0.1, 0.15) is 22.3 Å². The van der Waals surface area contributed by atoms with Crippen molar-refractivity contribution in [1.29, 1.82) is 0 Å². The number of benzene rings is 18. The molecular formula is C112H78N6S2. The van der Waals surface area contributed by atoms with Crippen molar-refractivity contribution in [1.82, 2.24) is 27.4 Å². The first-order valence-corrected chi connectivity index (χ1v) is 42.8. The van der Waals surface area contributed by atoms with Crippen LogP contribution in [0.4, 0.5) is 0 Å². The summed E-state index contributed by atoms with van der Waals surface area (Å²) in [5, 5.41) is 21.2. The zero-order chi connectivity index (χ0) is 79.8. The van der Waals surface area contributed by atoms with E-state index in [1.807, 2.05) is 22.7 Å². The maximum Gasteiger partial charge on any atom is 0.0555 e. The van der Waals surface area contributed by atoms with Gasteiger partial charge in [-0.05, 0) is 197 Å². The largest absolute Gasteiger partial charge is 0.309 e. The minimum atomic E-state index is 1.19. The molecule has 0 amide bonds. The third kappa shape index (κ3) is 11.3. The first-order chi connectivity index (χ1) is 59.2. The van der Waals surface area contributed by atoms with E-state index in [0.717, 1.165) is 0 Å². The molecule has 8 heteroatoms. The molecule has 6 nitrogen and oxygen atoms in total. The van der Waals surface area contributed by atoms with Crippen LogP contribution in [0.3, 0.4) is 0 Å². The van der Waals surface area contributed by atoms with E-state index in [9.17, 15) is 0 Å². The minimum absolute atomic E-state index is 1.19. The van der Waals surface area contributed by atoms with Crippen molar-refractivity contribution in [2.75, 3.05) is 0 Å². The van der Waals surface area contributed by atoms with Gasteiger partial charge in [0, 0.05) is 139 Å². The molecule has 0 aliphatic carbocycles. The first kappa shape index (κ1) is 70.6. The van der Waals surface area contributed by atoms with Gasteiger partial charge in [-0.2, -0.15) is 0 Å². The van der Waals surface area contributed by atoms with Gasteiger partial charge in [-0.1, -0.05) is 254 Å². The second-order valence-corrected chi connectivity index (χ2v) is 33.8. The summed E-state index contributed by atoms with van der Waals surface area (Å²) in [5.41, 5.74) is 27.3. The summed E-state index contributed by atoms with van der Waals surface area (Å²) in [5.74, 6) is 0. The zero-order valence-electron chi connectivity index (χ0n) is 66.6. The second-order valence-electron chi connectivity index (χ2n) is 31.7. The maximum absolute atomic E-state index is 2.41. The molecule has 0 aliphatic rings. The predicted molar refractivity (Wildman–Crippen MR) is 517 cm³/mol. The minimum Gasteiger partial charge on any atom is -0.309 e. The highest BCUT2D eigenvalue weighted by atomic mass is 32.1. The Balaban J connectivity index is 0.0000000938. The molecule has 8 aromatic heterocycles. The fourth-order valence-electron chi connectivity index (χ4n) is 19.3. The zero-order valence-corrected chi connectivity index (χ0v) is 68.2. The molecule has 568 valence electrons. The van der Waals surface area contributed by atoms with Crippen LogP contribution in [-0.4, -0.2) is 27.4 Å². The van der Waals surface area contributed by atoms with E-state index in [-0.39, 0.29) is 0 Å². The van der Waals surface area contributed by atoms with Gasteiger partial charge in [0.15, 0.2) is 0 Å². The highest BCUT2D eigenvalue weighted by Crippen LogP contribution is 2.49. The molecule has 0 fully saturated rings. The van der Waals surface area contributed by atoms with Crippen LogP contribution in [0.15, 0.2) is 400 Å². The molecule has 0 bridgehead atoms. The molecule has 18 aromatic carbocycles. The van der Waals surface area contributed by atoms with Gasteiger partial charge < -0.3 is 27.4 Å². The van der Waals surface area contributed by atoms with E-state index >= 15 is 0 Å². The summed E-state index contributed by atoms with van der Waals surface area (Å²) in [6.45, 7) is 8.58. The molecule has 120 heavy (non-hydrogen) atoms. The van der Waals surface area contributed by atoms with Crippen molar-refractivity contribution >= 4 is 194 Å². The molecule has 0 saturated heterocycles. The van der Waals surface area contributed by atoms with Crippen LogP contribution >= 0.6 is 22.7 Å². The fraction of sp³-hybridized carbons (Fsp3) is 0.0357. The number of thiophene rings is 2. The third-order valence-corrected chi connectivity index (χ3v) is 26.8. The SMILES string of the molecule is Cc1ccc(-n2c3ccccc3c3c4c5ccccc5n(-c5ccccc5)c4ccc32)cc1.Cc1ccc(-n2c3ccccc3c3c4sc5ccccc5c4ccc32)cc1.Cc1cccc(-n2c3ccccc3c3c4c5ccccc5n(-c5ccccc5)c4ccc32)c1.Cc1cccc(-n2c3ccccc3c3c4sc5ccccc5c4ccc32)c1. The lowest BCUT2D eigenvalue weighted by atomic mass is 10.1. The van der Waals surface area contributed by atoms with Gasteiger partial charge in [0.2, 0.25) is 0 Å². The van der Waals surface area contributed by atoms with Crippen LogP contribution in [-0.2, 0) is 0 Å². The molecule has 0 spiro atoms. The van der Waals surface area contributed by atoms with E-state index in [1.54, 1.807) is 0 Å². The Hall–Kier alpha value is -14.8. The van der Waals surface area contributed by atoms with E-state index in [0.29, 0.717) is 0 Å². The summed E-state index contributed by atoms with van der Waals surface area (Å²) in [6, 6.07) is 145. The quantitative estimate of drug-likeness (QED) is 0.159. The van der Waals surface area contributed by atoms with Crippen molar-refractivity contribution < 1.29 is 0 Å². The van der Waals surface area contributed by atoms with Crippen LogP contribution < -0.4 is 0 Å². The molecule has 0 atom stereocenters. The van der Waals surface area contributed by atoms with Crippen molar-refractivity contribution in [2.24, 2.45) is 0 Å². The van der Waals surface area contributed by atoms with Crippen LogP contribution in [0.5, 0.6) is 0 Å². The Kier molecular flexibility index (Phi) is 16.8. The summed E-state index contributed by atoms with van der Waals surface area (Å²) >= 11 is 3.81. The van der Waals surface area contributed by atoms with Gasteiger partial charge in [-0.3, -0.25) is 0 Å². The number of fused-ring (bicyclic) bond motifs is 28. The number of para-hydroxylation sites is 8. The average molecular weight is 1570 g/mol. The Morgan fingerprint density at radius 1 is 0.150 bits per heavy atom. The molecule has 0 unspecified atom stereocenters. The Bertz CT molecular complexity index is 8570. The Morgan fingerprint density at radius 2 is 0.383 bits per heavy atom. The van der Waals surface area contributed by atoms with Crippen LogP contribution in [0.2, 0.25) is 0 Å². The molecular weight excluding hydrogens is 1490 g/mol. The highest BCUT2D eigenvalue weighted by Gasteiger charge is 2.25. The maximum atomic E-state index is 2.41. The Morgan fingerprint density at radius 3 is 0.692 bits per heavy atom. The fourth-order valence-corrected chi connectivity index (χ4v) is 21.8. The molecule has 0 saturated carbocycles. The molecule has 8 heterocycles. The van der Waals surface area contributed by atoms with Gasteiger partial charge in [0.25, 0.3) is 0 Å². The molecule has 0 aliphatic heterocycles.